The number of imidazole rings is 1. The molecule has 5 heterocycles. The van der Waals surface area contributed by atoms with Crippen molar-refractivity contribution in [3.8, 4) is 23.2 Å². The number of hydrogen-bond donors (Lipinski definition) is 0. The van der Waals surface area contributed by atoms with Crippen LogP contribution in [-0.4, -0.2) is 79.5 Å². The molecule has 3 aromatic rings. The van der Waals surface area contributed by atoms with Crippen molar-refractivity contribution in [3.63, 3.8) is 0 Å². The molecular formula is C26H32N8O2. The normalized spacial score (nSPS) is 19.1. The summed E-state index contributed by atoms with van der Waals surface area (Å²) in [6.45, 7) is 5.24. The molecule has 1 atom stereocenters. The Balaban J connectivity index is 1.17. The first kappa shape index (κ1) is 24.1. The van der Waals surface area contributed by atoms with Crippen molar-refractivity contribution in [1.29, 1.82) is 5.26 Å². The molecule has 188 valence electrons. The molecule has 2 aliphatic rings. The molecule has 0 radical (unpaired) electrons. The number of nitrogens with zero attached hydrogens (tertiary/aromatic N) is 8. The number of likely N-dealkylation sites (N-methyl/N-ethyl adjacent to an activating group) is 1. The summed E-state index contributed by atoms with van der Waals surface area (Å²) in [4.78, 5) is 34.6. The molecule has 0 bridgehead atoms. The lowest BCUT2D eigenvalue weighted by Crippen LogP contribution is -2.47. The largest absolute Gasteiger partial charge is 0.477 e. The maximum Gasteiger partial charge on any atom is 0.239 e. The predicted octanol–water partition coefficient (Wildman–Crippen LogP) is 2.71. The SMILES string of the molecule is Cc1cc(-c2nc(C#N)nc3c2ncn3C)cnc1OCCC1CCN(C(=O)[C@@H]2CCCN2C)CC1. The van der Waals surface area contributed by atoms with Crippen molar-refractivity contribution in [3.05, 3.63) is 30.0 Å². The van der Waals surface area contributed by atoms with Gasteiger partial charge in [-0.1, -0.05) is 0 Å². The number of aryl methyl sites for hydroxylation is 2. The monoisotopic (exact) mass is 488 g/mol. The van der Waals surface area contributed by atoms with E-state index in [2.05, 4.69) is 36.8 Å². The number of nitriles is 1. The zero-order valence-electron chi connectivity index (χ0n) is 21.1. The number of fused-ring (bicyclic) bond motifs is 1. The second kappa shape index (κ2) is 10.2. The lowest BCUT2D eigenvalue weighted by molar-refractivity contribution is -0.137. The number of piperidine rings is 1. The van der Waals surface area contributed by atoms with Gasteiger partial charge in [0.15, 0.2) is 5.65 Å². The fourth-order valence-corrected chi connectivity index (χ4v) is 5.30. The Hall–Kier alpha value is -3.58. The number of likely N-dealkylation sites (tertiary alicyclic amines) is 2. The van der Waals surface area contributed by atoms with E-state index in [1.165, 1.54) is 0 Å². The summed E-state index contributed by atoms with van der Waals surface area (Å²) < 4.78 is 7.80. The molecule has 2 saturated heterocycles. The van der Waals surface area contributed by atoms with Crippen LogP contribution < -0.4 is 4.74 Å². The highest BCUT2D eigenvalue weighted by Gasteiger charge is 2.33. The van der Waals surface area contributed by atoms with E-state index < -0.39 is 0 Å². The van der Waals surface area contributed by atoms with Crippen LogP contribution >= 0.6 is 0 Å². The first-order valence-corrected chi connectivity index (χ1v) is 12.6. The molecule has 0 N–H and O–H groups in total. The summed E-state index contributed by atoms with van der Waals surface area (Å²) in [5, 5.41) is 9.34. The van der Waals surface area contributed by atoms with Gasteiger partial charge in [0.25, 0.3) is 0 Å². The number of pyridine rings is 1. The van der Waals surface area contributed by atoms with Gasteiger partial charge in [-0.05, 0) is 64.6 Å². The number of hydrogen-bond acceptors (Lipinski definition) is 8. The molecule has 36 heavy (non-hydrogen) atoms. The van der Waals surface area contributed by atoms with Crippen LogP contribution in [0.2, 0.25) is 0 Å². The lowest BCUT2D eigenvalue weighted by atomic mass is 9.93. The fraction of sp³-hybridized carbons (Fsp3) is 0.538. The molecule has 1 amide bonds. The Kier molecular flexibility index (Phi) is 6.83. The summed E-state index contributed by atoms with van der Waals surface area (Å²) in [5.74, 6) is 1.56. The molecule has 2 fully saturated rings. The number of carbonyl (C=O) groups is 1. The minimum absolute atomic E-state index is 0.0736. The highest BCUT2D eigenvalue weighted by Crippen LogP contribution is 2.28. The molecule has 0 spiro atoms. The van der Waals surface area contributed by atoms with Gasteiger partial charge in [0, 0.05) is 37.5 Å². The smallest absolute Gasteiger partial charge is 0.239 e. The molecule has 2 aliphatic heterocycles. The molecule has 10 nitrogen and oxygen atoms in total. The molecular weight excluding hydrogens is 456 g/mol. The fourth-order valence-electron chi connectivity index (χ4n) is 5.30. The summed E-state index contributed by atoms with van der Waals surface area (Å²) in [5.41, 5.74) is 3.50. The first-order chi connectivity index (χ1) is 17.4. The van der Waals surface area contributed by atoms with Gasteiger partial charge in [-0.3, -0.25) is 9.69 Å². The van der Waals surface area contributed by atoms with Crippen LogP contribution in [0.4, 0.5) is 0 Å². The second-order valence-electron chi connectivity index (χ2n) is 9.93. The summed E-state index contributed by atoms with van der Waals surface area (Å²) >= 11 is 0. The lowest BCUT2D eigenvalue weighted by Gasteiger charge is -2.34. The van der Waals surface area contributed by atoms with Crippen molar-refractivity contribution in [2.45, 2.75) is 45.1 Å². The summed E-state index contributed by atoms with van der Waals surface area (Å²) in [6.07, 6.45) is 8.46. The minimum Gasteiger partial charge on any atom is -0.477 e. The van der Waals surface area contributed by atoms with Gasteiger partial charge >= 0.3 is 0 Å². The van der Waals surface area contributed by atoms with Crippen LogP contribution in [0.1, 0.15) is 43.5 Å². The van der Waals surface area contributed by atoms with Crippen LogP contribution in [0.25, 0.3) is 22.4 Å². The van der Waals surface area contributed by atoms with Crippen molar-refractivity contribution in [2.24, 2.45) is 13.0 Å². The maximum atomic E-state index is 12.8. The highest BCUT2D eigenvalue weighted by molar-refractivity contribution is 5.87. The van der Waals surface area contributed by atoms with E-state index in [-0.39, 0.29) is 11.9 Å². The number of aromatic nitrogens is 5. The zero-order chi connectivity index (χ0) is 25.2. The van der Waals surface area contributed by atoms with Gasteiger partial charge in [-0.2, -0.15) is 10.2 Å². The molecule has 0 aromatic carbocycles. The third kappa shape index (κ3) is 4.75. The second-order valence-corrected chi connectivity index (χ2v) is 9.93. The Morgan fingerprint density at radius 3 is 2.67 bits per heavy atom. The minimum atomic E-state index is 0.0736. The van der Waals surface area contributed by atoms with Crippen LogP contribution in [0.3, 0.4) is 0 Å². The molecule has 10 heteroatoms. The first-order valence-electron chi connectivity index (χ1n) is 12.6. The van der Waals surface area contributed by atoms with Gasteiger partial charge in [0.1, 0.15) is 17.3 Å². The summed E-state index contributed by atoms with van der Waals surface area (Å²) in [7, 11) is 3.89. The van der Waals surface area contributed by atoms with Crippen LogP contribution in [0.5, 0.6) is 5.88 Å². The van der Waals surface area contributed by atoms with Crippen molar-refractivity contribution in [1.82, 2.24) is 34.3 Å². The number of ether oxygens (including phenoxy) is 1. The van der Waals surface area contributed by atoms with E-state index in [0.717, 1.165) is 62.9 Å². The van der Waals surface area contributed by atoms with E-state index in [4.69, 9.17) is 4.74 Å². The van der Waals surface area contributed by atoms with E-state index in [0.29, 0.717) is 41.2 Å². The molecule has 0 aliphatic carbocycles. The Labute approximate surface area is 210 Å². The molecule has 0 saturated carbocycles. The number of amides is 1. The third-order valence-corrected chi connectivity index (χ3v) is 7.46. The molecule has 3 aromatic heterocycles. The Bertz CT molecular complexity index is 1310. The quantitative estimate of drug-likeness (QED) is 0.520. The van der Waals surface area contributed by atoms with Gasteiger partial charge in [0.2, 0.25) is 17.6 Å². The average Bonchev–Trinajstić information content (AvgIpc) is 3.49. The predicted molar refractivity (Wildman–Crippen MR) is 134 cm³/mol. The maximum absolute atomic E-state index is 12.8. The van der Waals surface area contributed by atoms with Crippen molar-refractivity contribution in [2.75, 3.05) is 33.3 Å². The van der Waals surface area contributed by atoms with E-state index in [1.807, 2.05) is 26.1 Å². The van der Waals surface area contributed by atoms with E-state index in [1.54, 1.807) is 17.1 Å². The molecule has 5 rings (SSSR count). The third-order valence-electron chi connectivity index (χ3n) is 7.46. The zero-order valence-corrected chi connectivity index (χ0v) is 21.1. The van der Waals surface area contributed by atoms with Crippen LogP contribution in [0.15, 0.2) is 18.6 Å². The van der Waals surface area contributed by atoms with Gasteiger partial charge in [0.05, 0.1) is 19.0 Å². The van der Waals surface area contributed by atoms with E-state index in [9.17, 15) is 10.1 Å². The van der Waals surface area contributed by atoms with Crippen molar-refractivity contribution >= 4 is 17.1 Å². The number of carbonyl (C=O) groups excluding carboxylic acids is 1. The van der Waals surface area contributed by atoms with Crippen LogP contribution in [0, 0.1) is 24.2 Å². The summed E-state index contributed by atoms with van der Waals surface area (Å²) in [6, 6.07) is 4.06. The average molecular weight is 489 g/mol. The Morgan fingerprint density at radius 2 is 1.97 bits per heavy atom. The van der Waals surface area contributed by atoms with Crippen molar-refractivity contribution < 1.29 is 9.53 Å². The Morgan fingerprint density at radius 1 is 1.17 bits per heavy atom. The van der Waals surface area contributed by atoms with Gasteiger partial charge < -0.3 is 14.2 Å². The van der Waals surface area contributed by atoms with Gasteiger partial charge in [-0.15, -0.1) is 0 Å². The van der Waals surface area contributed by atoms with Gasteiger partial charge in [-0.25, -0.2) is 15.0 Å². The van der Waals surface area contributed by atoms with Crippen LogP contribution in [-0.2, 0) is 11.8 Å². The topological polar surface area (TPSA) is 113 Å². The number of rotatable bonds is 6. The standard InChI is InChI=1S/C26H32N8O2/c1-17-13-19(22-23-24(33(3)16-29-23)31-21(14-27)30-22)15-28-25(17)36-12-8-18-6-10-34(11-7-18)26(35)20-5-4-9-32(20)2/h13,15-16,18,20H,4-12H2,1-3H3/t20-/m0/s1. The van der Waals surface area contributed by atoms with E-state index >= 15 is 0 Å². The highest BCUT2D eigenvalue weighted by atomic mass is 16.5. The molecule has 0 unspecified atom stereocenters.